The Labute approximate surface area is 210 Å². The molecule has 0 fully saturated rings. The van der Waals surface area contributed by atoms with Gasteiger partial charge in [-0.3, -0.25) is 4.98 Å². The fraction of sp³-hybridized carbons (Fsp3) is 0.250. The molecule has 182 valence electrons. The largest absolute Gasteiger partial charge is 0.493 e. The van der Waals surface area contributed by atoms with Crippen LogP contribution < -0.4 is 9.47 Å². The first-order valence-electron chi connectivity index (χ1n) is 11.9. The number of ether oxygens (including phenoxy) is 2. The molecule has 0 bridgehead atoms. The zero-order chi connectivity index (χ0) is 25.1. The van der Waals surface area contributed by atoms with E-state index in [1.54, 1.807) is 18.9 Å². The van der Waals surface area contributed by atoms with Gasteiger partial charge in [-0.25, -0.2) is 15.0 Å². The number of para-hydroxylation sites is 1. The minimum absolute atomic E-state index is 0.570. The molecule has 0 spiro atoms. The molecule has 8 heteroatoms. The van der Waals surface area contributed by atoms with E-state index in [4.69, 9.17) is 14.5 Å². The number of rotatable bonds is 8. The smallest absolute Gasteiger partial charge is 0.161 e. The van der Waals surface area contributed by atoms with Crippen molar-refractivity contribution in [2.75, 3.05) is 14.2 Å². The number of benzene rings is 2. The highest BCUT2D eigenvalue weighted by Gasteiger charge is 2.15. The summed E-state index contributed by atoms with van der Waals surface area (Å²) in [7, 11) is 3.26. The van der Waals surface area contributed by atoms with Gasteiger partial charge in [0.1, 0.15) is 17.5 Å². The molecule has 0 amide bonds. The molecule has 8 nitrogen and oxygen atoms in total. The highest BCUT2D eigenvalue weighted by Crippen LogP contribution is 2.28. The average molecular weight is 481 g/mol. The van der Waals surface area contributed by atoms with Crippen LogP contribution in [0.1, 0.15) is 34.4 Å². The molecule has 0 saturated carbocycles. The predicted molar refractivity (Wildman–Crippen MR) is 138 cm³/mol. The number of fused-ring (bicyclic) bond motifs is 1. The lowest BCUT2D eigenvalue weighted by atomic mass is 10.1. The Morgan fingerprint density at radius 1 is 0.722 bits per heavy atom. The van der Waals surface area contributed by atoms with Gasteiger partial charge in [-0.1, -0.05) is 30.3 Å². The summed E-state index contributed by atoms with van der Waals surface area (Å²) in [6, 6.07) is 20.2. The monoisotopic (exact) mass is 480 g/mol. The summed E-state index contributed by atoms with van der Waals surface area (Å²) in [5.74, 6) is 4.25. The van der Waals surface area contributed by atoms with Gasteiger partial charge in [-0.05, 0) is 56.5 Å². The summed E-state index contributed by atoms with van der Waals surface area (Å²) in [6.07, 6.45) is 2.11. The number of methoxy groups -OCH3 is 2. The van der Waals surface area contributed by atoms with Crippen LogP contribution in [0.15, 0.2) is 60.7 Å². The van der Waals surface area contributed by atoms with Crippen molar-refractivity contribution in [2.45, 2.75) is 33.1 Å². The Kier molecular flexibility index (Phi) is 6.58. The lowest BCUT2D eigenvalue weighted by molar-refractivity contribution is 0.354. The van der Waals surface area contributed by atoms with Crippen LogP contribution in [0.2, 0.25) is 0 Å². The number of aromatic nitrogens is 6. The molecular formula is C28H28N6O2. The minimum Gasteiger partial charge on any atom is -0.493 e. The molecule has 0 saturated heterocycles. The number of aryl methyl sites for hydroxylation is 4. The van der Waals surface area contributed by atoms with Gasteiger partial charge < -0.3 is 9.47 Å². The van der Waals surface area contributed by atoms with E-state index < -0.39 is 0 Å². The van der Waals surface area contributed by atoms with Crippen molar-refractivity contribution in [2.24, 2.45) is 0 Å². The molecule has 0 unspecified atom stereocenters. The molecule has 5 rings (SSSR count). The average Bonchev–Trinajstić information content (AvgIpc) is 3.26. The second-order valence-corrected chi connectivity index (χ2v) is 8.61. The Balaban J connectivity index is 1.40. The van der Waals surface area contributed by atoms with Crippen LogP contribution in [0.5, 0.6) is 11.5 Å². The molecule has 3 heterocycles. The van der Waals surface area contributed by atoms with E-state index in [2.05, 4.69) is 38.2 Å². The van der Waals surface area contributed by atoms with Gasteiger partial charge >= 0.3 is 0 Å². The van der Waals surface area contributed by atoms with E-state index in [-0.39, 0.29) is 0 Å². The van der Waals surface area contributed by atoms with E-state index in [1.807, 2.05) is 56.3 Å². The van der Waals surface area contributed by atoms with Gasteiger partial charge in [0, 0.05) is 29.3 Å². The molecule has 0 aliphatic carbocycles. The van der Waals surface area contributed by atoms with Crippen molar-refractivity contribution in [3.05, 3.63) is 95.1 Å². The molecule has 2 aromatic carbocycles. The SMILES string of the molecule is COc1ccc(Cc2nc(C)nn2-c2cc(CCc3ccc4ccccc4n3)nc(C)n2)cc1OC. The highest BCUT2D eigenvalue weighted by atomic mass is 16.5. The maximum absolute atomic E-state index is 5.46. The quantitative estimate of drug-likeness (QED) is 0.320. The Bertz CT molecular complexity index is 1530. The molecule has 0 aliphatic rings. The molecular weight excluding hydrogens is 452 g/mol. The van der Waals surface area contributed by atoms with E-state index >= 15 is 0 Å². The number of nitrogens with zero attached hydrogens (tertiary/aromatic N) is 6. The van der Waals surface area contributed by atoms with Crippen LogP contribution >= 0.6 is 0 Å². The van der Waals surface area contributed by atoms with Crippen LogP contribution in [0.25, 0.3) is 16.7 Å². The zero-order valence-corrected chi connectivity index (χ0v) is 20.9. The van der Waals surface area contributed by atoms with Gasteiger partial charge in [-0.2, -0.15) is 4.68 Å². The fourth-order valence-electron chi connectivity index (χ4n) is 4.28. The molecule has 0 N–H and O–H groups in total. The standard InChI is InChI=1S/C28H28N6O2/c1-18-29-23(13-12-22-11-10-21-7-5-6-8-24(21)32-22)17-28(30-18)34-27(31-19(2)33-34)16-20-9-14-25(35-3)26(15-20)36-4/h5-11,14-15,17H,12-13,16H2,1-4H3. The first-order valence-corrected chi connectivity index (χ1v) is 11.9. The normalized spacial score (nSPS) is 11.1. The number of hydrogen-bond acceptors (Lipinski definition) is 7. The van der Waals surface area contributed by atoms with Crippen LogP contribution in [0, 0.1) is 13.8 Å². The lowest BCUT2D eigenvalue weighted by Gasteiger charge is -2.11. The summed E-state index contributed by atoms with van der Waals surface area (Å²) in [6.45, 7) is 3.79. The van der Waals surface area contributed by atoms with Gasteiger partial charge in [0.2, 0.25) is 0 Å². The first-order chi connectivity index (χ1) is 17.5. The second kappa shape index (κ2) is 10.1. The van der Waals surface area contributed by atoms with Crippen molar-refractivity contribution < 1.29 is 9.47 Å². The van der Waals surface area contributed by atoms with Crippen LogP contribution in [-0.4, -0.2) is 43.9 Å². The van der Waals surface area contributed by atoms with E-state index in [9.17, 15) is 0 Å². The van der Waals surface area contributed by atoms with Crippen molar-refractivity contribution in [1.29, 1.82) is 0 Å². The molecule has 5 aromatic rings. The summed E-state index contributed by atoms with van der Waals surface area (Å²) in [5.41, 5.74) is 4.03. The van der Waals surface area contributed by atoms with E-state index in [0.29, 0.717) is 35.4 Å². The van der Waals surface area contributed by atoms with Crippen molar-refractivity contribution in [3.63, 3.8) is 0 Å². The van der Waals surface area contributed by atoms with Gasteiger partial charge in [0.05, 0.1) is 19.7 Å². The third kappa shape index (κ3) is 5.02. The Morgan fingerprint density at radius 3 is 2.36 bits per heavy atom. The third-order valence-corrected chi connectivity index (χ3v) is 5.98. The zero-order valence-electron chi connectivity index (χ0n) is 20.9. The second-order valence-electron chi connectivity index (χ2n) is 8.61. The molecule has 0 atom stereocenters. The maximum Gasteiger partial charge on any atom is 0.161 e. The van der Waals surface area contributed by atoms with E-state index in [1.165, 1.54) is 0 Å². The number of pyridine rings is 1. The van der Waals surface area contributed by atoms with Gasteiger partial charge in [0.15, 0.2) is 17.3 Å². The minimum atomic E-state index is 0.570. The van der Waals surface area contributed by atoms with Gasteiger partial charge in [-0.15, -0.1) is 5.10 Å². The summed E-state index contributed by atoms with van der Waals surface area (Å²) in [5, 5.41) is 5.78. The topological polar surface area (TPSA) is 87.8 Å². The highest BCUT2D eigenvalue weighted by molar-refractivity contribution is 5.78. The molecule has 3 aromatic heterocycles. The fourth-order valence-corrected chi connectivity index (χ4v) is 4.28. The Hall–Kier alpha value is -4.33. The summed E-state index contributed by atoms with van der Waals surface area (Å²) < 4.78 is 12.6. The van der Waals surface area contributed by atoms with Crippen LogP contribution in [-0.2, 0) is 19.3 Å². The lowest BCUT2D eigenvalue weighted by Crippen LogP contribution is -2.10. The van der Waals surface area contributed by atoms with Gasteiger partial charge in [0.25, 0.3) is 0 Å². The Morgan fingerprint density at radius 2 is 1.53 bits per heavy atom. The third-order valence-electron chi connectivity index (χ3n) is 5.98. The first kappa shape index (κ1) is 23.4. The summed E-state index contributed by atoms with van der Waals surface area (Å²) >= 11 is 0. The van der Waals surface area contributed by atoms with Crippen LogP contribution in [0.3, 0.4) is 0 Å². The summed E-state index contributed by atoms with van der Waals surface area (Å²) in [4.78, 5) is 18.8. The van der Waals surface area contributed by atoms with Crippen molar-refractivity contribution in [3.8, 4) is 17.3 Å². The molecule has 0 radical (unpaired) electrons. The van der Waals surface area contributed by atoms with E-state index in [0.717, 1.165) is 46.5 Å². The van der Waals surface area contributed by atoms with Crippen molar-refractivity contribution in [1.82, 2.24) is 29.7 Å². The van der Waals surface area contributed by atoms with Crippen molar-refractivity contribution >= 4 is 10.9 Å². The van der Waals surface area contributed by atoms with Crippen LogP contribution in [0.4, 0.5) is 0 Å². The predicted octanol–water partition coefficient (Wildman–Crippen LogP) is 4.62. The molecule has 36 heavy (non-hydrogen) atoms. The maximum atomic E-state index is 5.46. The molecule has 0 aliphatic heterocycles. The number of hydrogen-bond donors (Lipinski definition) is 0.